The lowest BCUT2D eigenvalue weighted by molar-refractivity contribution is -0.0805. The molecule has 0 heterocycles. The molecule has 0 bridgehead atoms. The third-order valence-electron chi connectivity index (χ3n) is 3.59. The van der Waals surface area contributed by atoms with Crippen LogP contribution in [0.15, 0.2) is 0 Å². The smallest absolute Gasteiger partial charge is 0.0620 e. The maximum atomic E-state index is 10.1. The Kier molecular flexibility index (Phi) is 6.38. The van der Waals surface area contributed by atoms with E-state index < -0.39 is 0 Å². The Hall–Kier alpha value is -0.0800. The molecule has 0 aromatic carbocycles. The molecule has 2 nitrogen and oxygen atoms in total. The first-order valence-corrected chi connectivity index (χ1v) is 5.95. The van der Waals surface area contributed by atoms with Gasteiger partial charge in [-0.3, -0.25) is 0 Å². The van der Waals surface area contributed by atoms with Crippen LogP contribution < -0.4 is 0 Å². The first-order chi connectivity index (χ1) is 6.58. The highest BCUT2D eigenvalue weighted by atomic mass is 16.3. The van der Waals surface area contributed by atoms with Crippen LogP contribution in [0.4, 0.5) is 0 Å². The van der Waals surface area contributed by atoms with Gasteiger partial charge >= 0.3 is 0 Å². The average molecular weight is 202 g/mol. The van der Waals surface area contributed by atoms with Gasteiger partial charge in [-0.15, -0.1) is 0 Å². The molecule has 0 aromatic rings. The third-order valence-corrected chi connectivity index (χ3v) is 3.59. The lowest BCUT2D eigenvalue weighted by atomic mass is 9.70. The predicted molar refractivity (Wildman–Crippen MR) is 60.2 cm³/mol. The standard InChI is InChI=1S/C12H26O2/c1-5-9-11(14)12(7-3,8-4)10(13)6-2/h10-11,13-14H,5-9H2,1-4H3. The molecule has 0 aromatic heterocycles. The molecule has 0 radical (unpaired) electrons. The third kappa shape index (κ3) is 2.71. The van der Waals surface area contributed by atoms with Gasteiger partial charge in [-0.1, -0.05) is 34.1 Å². The van der Waals surface area contributed by atoms with Crippen LogP contribution in [0.25, 0.3) is 0 Å². The Labute approximate surface area is 88.3 Å². The Morgan fingerprint density at radius 1 is 0.929 bits per heavy atom. The van der Waals surface area contributed by atoms with Gasteiger partial charge < -0.3 is 10.2 Å². The van der Waals surface area contributed by atoms with Gasteiger partial charge in [0.2, 0.25) is 0 Å². The zero-order valence-electron chi connectivity index (χ0n) is 10.1. The summed E-state index contributed by atoms with van der Waals surface area (Å²) in [4.78, 5) is 0. The van der Waals surface area contributed by atoms with Crippen molar-refractivity contribution in [2.45, 2.75) is 72.0 Å². The molecule has 0 fully saturated rings. The fraction of sp³-hybridized carbons (Fsp3) is 1.00. The Balaban J connectivity index is 4.66. The van der Waals surface area contributed by atoms with Gasteiger partial charge in [0.05, 0.1) is 12.2 Å². The van der Waals surface area contributed by atoms with E-state index in [9.17, 15) is 10.2 Å². The van der Waals surface area contributed by atoms with Crippen molar-refractivity contribution in [3.05, 3.63) is 0 Å². The summed E-state index contributed by atoms with van der Waals surface area (Å²) in [7, 11) is 0. The molecular weight excluding hydrogens is 176 g/mol. The van der Waals surface area contributed by atoms with Gasteiger partial charge in [0.1, 0.15) is 0 Å². The zero-order valence-corrected chi connectivity index (χ0v) is 10.1. The minimum Gasteiger partial charge on any atom is -0.392 e. The van der Waals surface area contributed by atoms with Gasteiger partial charge in [-0.05, 0) is 25.7 Å². The Morgan fingerprint density at radius 3 is 1.71 bits per heavy atom. The number of aliphatic hydroxyl groups is 2. The lowest BCUT2D eigenvalue weighted by Gasteiger charge is -2.40. The van der Waals surface area contributed by atoms with Gasteiger partial charge in [-0.2, -0.15) is 0 Å². The van der Waals surface area contributed by atoms with Crippen LogP contribution in [-0.2, 0) is 0 Å². The van der Waals surface area contributed by atoms with Crippen molar-refractivity contribution in [2.24, 2.45) is 5.41 Å². The average Bonchev–Trinajstić information content (AvgIpc) is 2.20. The van der Waals surface area contributed by atoms with E-state index in [0.29, 0.717) is 0 Å². The molecule has 2 atom stereocenters. The summed E-state index contributed by atoms with van der Waals surface area (Å²) in [5.41, 5.74) is -0.287. The van der Waals surface area contributed by atoms with Crippen LogP contribution in [-0.4, -0.2) is 22.4 Å². The summed E-state index contributed by atoms with van der Waals surface area (Å²) in [6.07, 6.45) is 3.44. The summed E-state index contributed by atoms with van der Waals surface area (Å²) in [6, 6.07) is 0. The van der Waals surface area contributed by atoms with Gasteiger partial charge in [0, 0.05) is 5.41 Å². The van der Waals surface area contributed by atoms with Crippen molar-refractivity contribution in [1.82, 2.24) is 0 Å². The van der Waals surface area contributed by atoms with Crippen molar-refractivity contribution in [3.8, 4) is 0 Å². The van der Waals surface area contributed by atoms with Crippen molar-refractivity contribution < 1.29 is 10.2 Å². The van der Waals surface area contributed by atoms with Crippen LogP contribution in [0.1, 0.15) is 59.8 Å². The number of hydrogen-bond acceptors (Lipinski definition) is 2. The van der Waals surface area contributed by atoms with Crippen molar-refractivity contribution in [3.63, 3.8) is 0 Å². The molecule has 2 heteroatoms. The van der Waals surface area contributed by atoms with Crippen molar-refractivity contribution in [1.29, 1.82) is 0 Å². The second kappa shape index (κ2) is 6.41. The molecule has 0 aliphatic heterocycles. The predicted octanol–water partition coefficient (Wildman–Crippen LogP) is 2.72. The van der Waals surface area contributed by atoms with Crippen LogP contribution in [0.3, 0.4) is 0 Å². The molecular formula is C12H26O2. The molecule has 0 aliphatic carbocycles. The largest absolute Gasteiger partial charge is 0.392 e. The van der Waals surface area contributed by atoms with E-state index in [4.69, 9.17) is 0 Å². The van der Waals surface area contributed by atoms with Crippen molar-refractivity contribution in [2.75, 3.05) is 0 Å². The normalized spacial score (nSPS) is 16.7. The second-order valence-corrected chi connectivity index (χ2v) is 4.17. The van der Waals surface area contributed by atoms with Crippen LogP contribution in [0, 0.1) is 5.41 Å². The minimum atomic E-state index is -0.376. The van der Waals surface area contributed by atoms with Crippen LogP contribution in [0.2, 0.25) is 0 Å². The number of rotatable bonds is 7. The zero-order chi connectivity index (χ0) is 11.2. The Bertz CT molecular complexity index is 141. The minimum absolute atomic E-state index is 0.287. The number of aliphatic hydroxyl groups excluding tert-OH is 2. The molecule has 86 valence electrons. The van der Waals surface area contributed by atoms with E-state index in [1.165, 1.54) is 0 Å². The van der Waals surface area contributed by atoms with E-state index in [0.717, 1.165) is 32.1 Å². The summed E-state index contributed by atoms with van der Waals surface area (Å²) in [6.45, 7) is 8.16. The second-order valence-electron chi connectivity index (χ2n) is 4.17. The van der Waals surface area contributed by atoms with E-state index in [1.807, 2.05) is 6.92 Å². The van der Waals surface area contributed by atoms with E-state index >= 15 is 0 Å². The molecule has 2 unspecified atom stereocenters. The van der Waals surface area contributed by atoms with Gasteiger partial charge in [-0.25, -0.2) is 0 Å². The highest BCUT2D eigenvalue weighted by molar-refractivity contribution is 4.89. The van der Waals surface area contributed by atoms with E-state index in [1.54, 1.807) is 0 Å². The summed E-state index contributed by atoms with van der Waals surface area (Å²) >= 11 is 0. The molecule has 0 spiro atoms. The van der Waals surface area contributed by atoms with Gasteiger partial charge in [0.25, 0.3) is 0 Å². The molecule has 0 rings (SSSR count). The number of hydrogen-bond donors (Lipinski definition) is 2. The SMILES string of the molecule is CCCC(O)C(CC)(CC)C(O)CC. The highest BCUT2D eigenvalue weighted by Crippen LogP contribution is 2.37. The summed E-state index contributed by atoms with van der Waals surface area (Å²) in [5, 5.41) is 20.1. The molecule has 0 saturated carbocycles. The molecule has 14 heavy (non-hydrogen) atoms. The molecule has 2 N–H and O–H groups in total. The highest BCUT2D eigenvalue weighted by Gasteiger charge is 2.39. The maximum absolute atomic E-state index is 10.1. The van der Waals surface area contributed by atoms with Crippen LogP contribution >= 0.6 is 0 Å². The summed E-state index contributed by atoms with van der Waals surface area (Å²) in [5.74, 6) is 0. The lowest BCUT2D eigenvalue weighted by Crippen LogP contribution is -2.44. The molecule has 0 saturated heterocycles. The van der Waals surface area contributed by atoms with E-state index in [-0.39, 0.29) is 17.6 Å². The first-order valence-electron chi connectivity index (χ1n) is 5.95. The topological polar surface area (TPSA) is 40.5 Å². The molecule has 0 amide bonds. The summed E-state index contributed by atoms with van der Waals surface area (Å²) < 4.78 is 0. The Morgan fingerprint density at radius 2 is 1.43 bits per heavy atom. The molecule has 0 aliphatic rings. The van der Waals surface area contributed by atoms with Crippen molar-refractivity contribution >= 4 is 0 Å². The fourth-order valence-electron chi connectivity index (χ4n) is 2.38. The maximum Gasteiger partial charge on any atom is 0.0620 e. The fourth-order valence-corrected chi connectivity index (χ4v) is 2.38. The van der Waals surface area contributed by atoms with Crippen LogP contribution in [0.5, 0.6) is 0 Å². The first kappa shape index (κ1) is 13.9. The van der Waals surface area contributed by atoms with Gasteiger partial charge in [0.15, 0.2) is 0 Å². The quantitative estimate of drug-likeness (QED) is 0.666. The van der Waals surface area contributed by atoms with E-state index in [2.05, 4.69) is 20.8 Å². The monoisotopic (exact) mass is 202 g/mol.